The van der Waals surface area contributed by atoms with Crippen molar-refractivity contribution in [1.29, 1.82) is 0 Å². The summed E-state index contributed by atoms with van der Waals surface area (Å²) in [5.41, 5.74) is 1.09. The van der Waals surface area contributed by atoms with Crippen LogP contribution in [0.4, 0.5) is 0 Å². The lowest BCUT2D eigenvalue weighted by molar-refractivity contribution is -0.118. The van der Waals surface area contributed by atoms with E-state index in [0.29, 0.717) is 12.3 Å². The first kappa shape index (κ1) is 16.4. The second-order valence-corrected chi connectivity index (χ2v) is 6.47. The van der Waals surface area contributed by atoms with Gasteiger partial charge in [-0.1, -0.05) is 36.4 Å². The Hall–Kier alpha value is -2.46. The molecule has 3 nitrogen and oxygen atoms in total. The summed E-state index contributed by atoms with van der Waals surface area (Å²) in [5, 5.41) is 5.24. The second-order valence-electron chi connectivity index (χ2n) is 5.43. The molecule has 0 spiro atoms. The summed E-state index contributed by atoms with van der Waals surface area (Å²) in [6.45, 7) is 0.538. The normalized spacial score (nSPS) is 10.5. The number of benzene rings is 3. The zero-order valence-electron chi connectivity index (χ0n) is 13.5. The van der Waals surface area contributed by atoms with Gasteiger partial charge in [0, 0.05) is 11.4 Å². The third-order valence-electron chi connectivity index (χ3n) is 3.71. The lowest BCUT2D eigenvalue weighted by Crippen LogP contribution is -2.24. The van der Waals surface area contributed by atoms with Crippen molar-refractivity contribution in [2.45, 2.75) is 11.4 Å². The second kappa shape index (κ2) is 7.88. The highest BCUT2D eigenvalue weighted by Crippen LogP contribution is 2.22. The van der Waals surface area contributed by atoms with Gasteiger partial charge in [-0.25, -0.2) is 0 Å². The first-order valence-electron chi connectivity index (χ1n) is 7.76. The molecular weight excluding hydrogens is 318 g/mol. The largest absolute Gasteiger partial charge is 0.497 e. The van der Waals surface area contributed by atoms with E-state index in [1.54, 1.807) is 18.9 Å². The van der Waals surface area contributed by atoms with Crippen LogP contribution in [0.1, 0.15) is 5.56 Å². The molecule has 0 heterocycles. The number of fused-ring (bicyclic) bond motifs is 1. The monoisotopic (exact) mass is 337 g/mol. The third kappa shape index (κ3) is 4.30. The fourth-order valence-electron chi connectivity index (χ4n) is 2.43. The van der Waals surface area contributed by atoms with Gasteiger partial charge in [-0.15, -0.1) is 11.8 Å². The Morgan fingerprint density at radius 3 is 2.54 bits per heavy atom. The average molecular weight is 337 g/mol. The molecule has 3 aromatic carbocycles. The molecule has 0 atom stereocenters. The summed E-state index contributed by atoms with van der Waals surface area (Å²) >= 11 is 1.54. The number of carbonyl (C=O) groups excluding carboxylic acids is 1. The van der Waals surface area contributed by atoms with Gasteiger partial charge in [-0.3, -0.25) is 4.79 Å². The van der Waals surface area contributed by atoms with Crippen molar-refractivity contribution >= 4 is 28.4 Å². The fourth-order valence-corrected chi connectivity index (χ4v) is 3.18. The van der Waals surface area contributed by atoms with Gasteiger partial charge in [0.1, 0.15) is 5.75 Å². The van der Waals surface area contributed by atoms with Crippen LogP contribution < -0.4 is 10.1 Å². The van der Waals surface area contributed by atoms with E-state index in [2.05, 4.69) is 17.4 Å². The summed E-state index contributed by atoms with van der Waals surface area (Å²) in [6, 6.07) is 22.1. The molecule has 0 saturated carbocycles. The fraction of sp³-hybridized carbons (Fsp3) is 0.150. The molecule has 0 aliphatic rings. The molecule has 0 aromatic heterocycles. The number of nitrogens with one attached hydrogen (secondary N) is 1. The maximum atomic E-state index is 12.0. The minimum atomic E-state index is 0.0404. The van der Waals surface area contributed by atoms with Crippen LogP contribution in [-0.4, -0.2) is 18.8 Å². The molecule has 0 radical (unpaired) electrons. The molecule has 122 valence electrons. The van der Waals surface area contributed by atoms with E-state index in [-0.39, 0.29) is 5.91 Å². The predicted octanol–water partition coefficient (Wildman–Crippen LogP) is 4.26. The summed E-state index contributed by atoms with van der Waals surface area (Å²) in [4.78, 5) is 13.1. The van der Waals surface area contributed by atoms with Crippen molar-refractivity contribution in [3.8, 4) is 5.75 Å². The first-order chi connectivity index (χ1) is 11.7. The molecule has 0 unspecified atom stereocenters. The van der Waals surface area contributed by atoms with Crippen LogP contribution in [0, 0.1) is 0 Å². The molecule has 1 N–H and O–H groups in total. The van der Waals surface area contributed by atoms with Crippen molar-refractivity contribution in [3.63, 3.8) is 0 Å². The van der Waals surface area contributed by atoms with E-state index < -0.39 is 0 Å². The summed E-state index contributed by atoms with van der Waals surface area (Å²) in [7, 11) is 1.67. The van der Waals surface area contributed by atoms with Crippen molar-refractivity contribution in [3.05, 3.63) is 72.3 Å². The van der Waals surface area contributed by atoms with E-state index in [9.17, 15) is 4.79 Å². The SMILES string of the molecule is COc1ccc2cc(CNC(=O)CSc3ccccc3)ccc2c1. The van der Waals surface area contributed by atoms with E-state index in [1.807, 2.05) is 54.6 Å². The number of carbonyl (C=O) groups is 1. The van der Waals surface area contributed by atoms with Gasteiger partial charge in [0.15, 0.2) is 0 Å². The molecule has 0 fully saturated rings. The zero-order valence-corrected chi connectivity index (χ0v) is 14.3. The van der Waals surface area contributed by atoms with E-state index in [1.165, 1.54) is 0 Å². The van der Waals surface area contributed by atoms with Crippen LogP contribution in [0.3, 0.4) is 0 Å². The standard InChI is InChI=1S/C20H19NO2S/c1-23-18-10-9-16-11-15(7-8-17(16)12-18)13-21-20(22)14-24-19-5-3-2-4-6-19/h2-12H,13-14H2,1H3,(H,21,22). The maximum absolute atomic E-state index is 12.0. The van der Waals surface area contributed by atoms with Gasteiger partial charge >= 0.3 is 0 Å². The number of hydrogen-bond acceptors (Lipinski definition) is 3. The minimum absolute atomic E-state index is 0.0404. The van der Waals surface area contributed by atoms with E-state index >= 15 is 0 Å². The van der Waals surface area contributed by atoms with Crippen molar-refractivity contribution < 1.29 is 9.53 Å². The summed E-state index contributed by atoms with van der Waals surface area (Å²) < 4.78 is 5.24. The Kier molecular flexibility index (Phi) is 5.39. The number of amides is 1. The highest BCUT2D eigenvalue weighted by Gasteiger charge is 2.04. The topological polar surface area (TPSA) is 38.3 Å². The van der Waals surface area contributed by atoms with Gasteiger partial charge in [-0.05, 0) is 46.7 Å². The molecular formula is C20H19NO2S. The quantitative estimate of drug-likeness (QED) is 0.683. The molecule has 0 saturated heterocycles. The van der Waals surface area contributed by atoms with Crippen LogP contribution in [0.25, 0.3) is 10.8 Å². The Labute approximate surface area is 146 Å². The molecule has 3 rings (SSSR count). The number of thioether (sulfide) groups is 1. The number of rotatable bonds is 6. The molecule has 0 aliphatic carbocycles. The predicted molar refractivity (Wildman–Crippen MR) is 99.5 cm³/mol. The molecule has 0 aliphatic heterocycles. The van der Waals surface area contributed by atoms with Crippen molar-refractivity contribution in [2.24, 2.45) is 0 Å². The van der Waals surface area contributed by atoms with E-state index in [0.717, 1.165) is 27.0 Å². The van der Waals surface area contributed by atoms with Crippen LogP contribution in [0.2, 0.25) is 0 Å². The van der Waals surface area contributed by atoms with Gasteiger partial charge in [0.05, 0.1) is 12.9 Å². The number of methoxy groups -OCH3 is 1. The molecule has 3 aromatic rings. The molecule has 4 heteroatoms. The first-order valence-corrected chi connectivity index (χ1v) is 8.74. The Bertz CT molecular complexity index is 833. The van der Waals surface area contributed by atoms with Gasteiger partial charge in [-0.2, -0.15) is 0 Å². The smallest absolute Gasteiger partial charge is 0.230 e. The van der Waals surface area contributed by atoms with Gasteiger partial charge in [0.25, 0.3) is 0 Å². The average Bonchev–Trinajstić information content (AvgIpc) is 2.65. The zero-order chi connectivity index (χ0) is 16.8. The van der Waals surface area contributed by atoms with Crippen LogP contribution in [0.15, 0.2) is 71.6 Å². The lowest BCUT2D eigenvalue weighted by Gasteiger charge is -2.08. The van der Waals surface area contributed by atoms with Gasteiger partial charge < -0.3 is 10.1 Å². The Balaban J connectivity index is 1.56. The van der Waals surface area contributed by atoms with Crippen molar-refractivity contribution in [2.75, 3.05) is 12.9 Å². The highest BCUT2D eigenvalue weighted by molar-refractivity contribution is 8.00. The molecule has 0 bridgehead atoms. The summed E-state index contributed by atoms with van der Waals surface area (Å²) in [6.07, 6.45) is 0. The Morgan fingerprint density at radius 1 is 1.00 bits per heavy atom. The van der Waals surface area contributed by atoms with Crippen LogP contribution in [0.5, 0.6) is 5.75 Å². The maximum Gasteiger partial charge on any atom is 0.230 e. The lowest BCUT2D eigenvalue weighted by atomic mass is 10.1. The molecule has 24 heavy (non-hydrogen) atoms. The minimum Gasteiger partial charge on any atom is -0.497 e. The highest BCUT2D eigenvalue weighted by atomic mass is 32.2. The number of hydrogen-bond donors (Lipinski definition) is 1. The third-order valence-corrected chi connectivity index (χ3v) is 4.73. The van der Waals surface area contributed by atoms with Crippen molar-refractivity contribution in [1.82, 2.24) is 5.32 Å². The van der Waals surface area contributed by atoms with Gasteiger partial charge in [0.2, 0.25) is 5.91 Å². The molecule has 1 amide bonds. The van der Waals surface area contributed by atoms with E-state index in [4.69, 9.17) is 4.74 Å². The van der Waals surface area contributed by atoms with Crippen LogP contribution >= 0.6 is 11.8 Å². The van der Waals surface area contributed by atoms with Crippen LogP contribution in [-0.2, 0) is 11.3 Å². The number of ether oxygens (including phenoxy) is 1. The Morgan fingerprint density at radius 2 is 1.75 bits per heavy atom. The summed E-state index contributed by atoms with van der Waals surface area (Å²) in [5.74, 6) is 1.31.